The van der Waals surface area contributed by atoms with Gasteiger partial charge in [-0.2, -0.15) is 0 Å². The third-order valence-corrected chi connectivity index (χ3v) is 2.30. The van der Waals surface area contributed by atoms with Crippen molar-refractivity contribution in [1.82, 2.24) is 0 Å². The minimum Gasteiger partial charge on any atom is -0.508 e. The zero-order chi connectivity index (χ0) is 11.3. The van der Waals surface area contributed by atoms with Crippen molar-refractivity contribution in [3.8, 4) is 5.75 Å². The molecule has 3 nitrogen and oxygen atoms in total. The molecule has 0 fully saturated rings. The number of phenolic OH excluding ortho intramolecular Hbond substituents is 1. The molecule has 0 amide bonds. The third kappa shape index (κ3) is 3.72. The molecule has 82 valence electrons. The van der Waals surface area contributed by atoms with Crippen molar-refractivity contribution in [2.24, 2.45) is 5.73 Å². The summed E-state index contributed by atoms with van der Waals surface area (Å²) in [6, 6.07) is 6.36. The lowest BCUT2D eigenvalue weighted by Gasteiger charge is -2.09. The zero-order valence-corrected chi connectivity index (χ0v) is 8.94. The van der Waals surface area contributed by atoms with E-state index in [-0.39, 0.29) is 11.5 Å². The highest BCUT2D eigenvalue weighted by atomic mass is 16.3. The van der Waals surface area contributed by atoms with E-state index in [1.807, 2.05) is 6.92 Å². The molecule has 1 aromatic rings. The molecule has 0 unspecified atom stereocenters. The van der Waals surface area contributed by atoms with E-state index in [0.717, 1.165) is 12.0 Å². The highest BCUT2D eigenvalue weighted by Gasteiger charge is 2.12. The van der Waals surface area contributed by atoms with Crippen molar-refractivity contribution in [1.29, 1.82) is 0 Å². The molecule has 3 heteroatoms. The molecule has 0 radical (unpaired) electrons. The van der Waals surface area contributed by atoms with Crippen molar-refractivity contribution in [3.05, 3.63) is 29.8 Å². The highest BCUT2D eigenvalue weighted by Crippen LogP contribution is 2.11. The van der Waals surface area contributed by atoms with E-state index in [1.165, 1.54) is 0 Å². The third-order valence-electron chi connectivity index (χ3n) is 2.30. The quantitative estimate of drug-likeness (QED) is 0.771. The summed E-state index contributed by atoms with van der Waals surface area (Å²) in [4.78, 5) is 11.4. The number of hydrogen-bond donors (Lipinski definition) is 2. The number of aromatic hydroxyl groups is 1. The van der Waals surface area contributed by atoms with Crippen LogP contribution in [0.3, 0.4) is 0 Å². The van der Waals surface area contributed by atoms with E-state index < -0.39 is 6.04 Å². The summed E-state index contributed by atoms with van der Waals surface area (Å²) in [7, 11) is 0. The van der Waals surface area contributed by atoms with Crippen molar-refractivity contribution >= 4 is 5.78 Å². The van der Waals surface area contributed by atoms with Gasteiger partial charge in [0.05, 0.1) is 6.04 Å². The Balaban J connectivity index is 2.54. The van der Waals surface area contributed by atoms with Gasteiger partial charge in [-0.05, 0) is 30.5 Å². The van der Waals surface area contributed by atoms with Crippen LogP contribution in [0.4, 0.5) is 0 Å². The molecule has 0 aliphatic heterocycles. The summed E-state index contributed by atoms with van der Waals surface area (Å²) in [5, 5.41) is 9.09. The van der Waals surface area contributed by atoms with Gasteiger partial charge >= 0.3 is 0 Å². The number of ketones is 1. The molecule has 0 saturated heterocycles. The van der Waals surface area contributed by atoms with Gasteiger partial charge in [-0.15, -0.1) is 0 Å². The summed E-state index contributed by atoms with van der Waals surface area (Å²) in [6.45, 7) is 1.96. The summed E-state index contributed by atoms with van der Waals surface area (Å²) in [6.07, 6.45) is 1.92. The van der Waals surface area contributed by atoms with Crippen molar-refractivity contribution in [3.63, 3.8) is 0 Å². The fourth-order valence-electron chi connectivity index (χ4n) is 1.43. The van der Waals surface area contributed by atoms with Gasteiger partial charge in [0.1, 0.15) is 11.5 Å². The van der Waals surface area contributed by atoms with Crippen LogP contribution in [0.1, 0.15) is 25.3 Å². The molecular weight excluding hydrogens is 190 g/mol. The van der Waals surface area contributed by atoms with Gasteiger partial charge in [0.25, 0.3) is 0 Å². The average Bonchev–Trinajstić information content (AvgIpc) is 2.22. The second kappa shape index (κ2) is 5.51. The zero-order valence-electron chi connectivity index (χ0n) is 8.94. The number of benzene rings is 1. The summed E-state index contributed by atoms with van der Waals surface area (Å²) < 4.78 is 0. The largest absolute Gasteiger partial charge is 0.508 e. The lowest BCUT2D eigenvalue weighted by molar-refractivity contribution is -0.120. The number of rotatable bonds is 5. The van der Waals surface area contributed by atoms with E-state index in [2.05, 4.69) is 0 Å². The monoisotopic (exact) mass is 207 g/mol. The first-order valence-electron chi connectivity index (χ1n) is 5.19. The van der Waals surface area contributed by atoms with Crippen LogP contribution in [0.2, 0.25) is 0 Å². The molecule has 15 heavy (non-hydrogen) atoms. The standard InChI is InChI=1S/C12H17NO2/c1-2-3-12(15)11(13)8-9-4-6-10(14)7-5-9/h4-7,11,14H,2-3,8,13H2,1H3/t11-/m0/s1. The Bertz CT molecular complexity index is 319. The molecule has 0 aliphatic rings. The number of carbonyl (C=O) groups excluding carboxylic acids is 1. The normalized spacial score (nSPS) is 12.4. The molecule has 0 bridgehead atoms. The molecule has 0 saturated carbocycles. The van der Waals surface area contributed by atoms with E-state index in [1.54, 1.807) is 24.3 Å². The van der Waals surface area contributed by atoms with Crippen LogP contribution < -0.4 is 5.73 Å². The number of hydrogen-bond acceptors (Lipinski definition) is 3. The smallest absolute Gasteiger partial charge is 0.149 e. The molecule has 3 N–H and O–H groups in total. The summed E-state index contributed by atoms with van der Waals surface area (Å²) in [5.41, 5.74) is 6.74. The Morgan fingerprint density at radius 1 is 1.40 bits per heavy atom. The Kier molecular flexibility index (Phi) is 4.31. The van der Waals surface area contributed by atoms with Crippen LogP contribution in [0.5, 0.6) is 5.75 Å². The maximum atomic E-state index is 11.4. The average molecular weight is 207 g/mol. The maximum absolute atomic E-state index is 11.4. The van der Waals surface area contributed by atoms with E-state index in [4.69, 9.17) is 10.8 Å². The van der Waals surface area contributed by atoms with E-state index in [0.29, 0.717) is 12.8 Å². The highest BCUT2D eigenvalue weighted by molar-refractivity contribution is 5.83. The fourth-order valence-corrected chi connectivity index (χ4v) is 1.43. The van der Waals surface area contributed by atoms with Gasteiger partial charge in [0.2, 0.25) is 0 Å². The van der Waals surface area contributed by atoms with Crippen LogP contribution in [-0.4, -0.2) is 16.9 Å². The van der Waals surface area contributed by atoms with Crippen LogP contribution in [0.15, 0.2) is 24.3 Å². The second-order valence-electron chi connectivity index (χ2n) is 3.69. The van der Waals surface area contributed by atoms with Crippen LogP contribution in [0, 0.1) is 0 Å². The first-order chi connectivity index (χ1) is 7.13. The predicted octanol–water partition coefficient (Wildman–Crippen LogP) is 1.63. The number of phenols is 1. The summed E-state index contributed by atoms with van der Waals surface area (Å²) in [5.74, 6) is 0.331. The molecule has 0 spiro atoms. The molecule has 0 aromatic heterocycles. The SMILES string of the molecule is CCCC(=O)[C@@H](N)Cc1ccc(O)cc1. The topological polar surface area (TPSA) is 63.3 Å². The van der Waals surface area contributed by atoms with Crippen molar-refractivity contribution < 1.29 is 9.90 Å². The Hall–Kier alpha value is -1.35. The number of nitrogens with two attached hydrogens (primary N) is 1. The Morgan fingerprint density at radius 2 is 2.00 bits per heavy atom. The lowest BCUT2D eigenvalue weighted by atomic mass is 10.0. The first kappa shape index (κ1) is 11.7. The van der Waals surface area contributed by atoms with E-state index >= 15 is 0 Å². The molecule has 0 aliphatic carbocycles. The minimum atomic E-state index is -0.422. The maximum Gasteiger partial charge on any atom is 0.149 e. The first-order valence-corrected chi connectivity index (χ1v) is 5.19. The van der Waals surface area contributed by atoms with Crippen LogP contribution in [0.25, 0.3) is 0 Å². The van der Waals surface area contributed by atoms with Crippen LogP contribution >= 0.6 is 0 Å². The molecule has 1 rings (SSSR count). The van der Waals surface area contributed by atoms with E-state index in [9.17, 15) is 4.79 Å². The summed E-state index contributed by atoms with van der Waals surface area (Å²) >= 11 is 0. The van der Waals surface area contributed by atoms with Gasteiger partial charge in [0.15, 0.2) is 0 Å². The van der Waals surface area contributed by atoms with Gasteiger partial charge in [-0.25, -0.2) is 0 Å². The molecule has 1 atom stereocenters. The minimum absolute atomic E-state index is 0.102. The van der Waals surface area contributed by atoms with Gasteiger partial charge < -0.3 is 10.8 Å². The van der Waals surface area contributed by atoms with Gasteiger partial charge in [0, 0.05) is 6.42 Å². The van der Waals surface area contributed by atoms with Gasteiger partial charge in [-0.1, -0.05) is 19.1 Å². The lowest BCUT2D eigenvalue weighted by Crippen LogP contribution is -2.32. The number of carbonyl (C=O) groups is 1. The van der Waals surface area contributed by atoms with Gasteiger partial charge in [-0.3, -0.25) is 4.79 Å². The van der Waals surface area contributed by atoms with Crippen LogP contribution in [-0.2, 0) is 11.2 Å². The predicted molar refractivity (Wildman–Crippen MR) is 59.7 cm³/mol. The van der Waals surface area contributed by atoms with Crippen molar-refractivity contribution in [2.75, 3.05) is 0 Å². The number of Topliss-reactive ketones (excluding diaryl/α,β-unsaturated/α-hetero) is 1. The fraction of sp³-hybridized carbons (Fsp3) is 0.417. The second-order valence-corrected chi connectivity index (χ2v) is 3.69. The molecule has 0 heterocycles. The molecule has 1 aromatic carbocycles. The van der Waals surface area contributed by atoms with Crippen molar-refractivity contribution in [2.45, 2.75) is 32.2 Å². The Labute approximate surface area is 89.9 Å². The Morgan fingerprint density at radius 3 is 2.53 bits per heavy atom. The molecular formula is C12H17NO2.